The van der Waals surface area contributed by atoms with Gasteiger partial charge in [0.15, 0.2) is 0 Å². The molecule has 1 aliphatic rings. The molecule has 0 aromatic heterocycles. The Morgan fingerprint density at radius 2 is 1.30 bits per heavy atom. The van der Waals surface area contributed by atoms with E-state index < -0.39 is 19.8 Å². The van der Waals surface area contributed by atoms with Crippen molar-refractivity contribution >= 4 is 19.8 Å². The predicted octanol–water partition coefficient (Wildman–Crippen LogP) is 6.17. The van der Waals surface area contributed by atoms with Gasteiger partial charge in [0.05, 0.1) is 0 Å². The van der Waals surface area contributed by atoms with E-state index in [9.17, 15) is 0 Å². The summed E-state index contributed by atoms with van der Waals surface area (Å²) in [6.45, 7) is 4.72. The van der Waals surface area contributed by atoms with Crippen LogP contribution in [0.5, 0.6) is 0 Å². The Labute approximate surface area is 146 Å². The summed E-state index contributed by atoms with van der Waals surface area (Å²) in [5.41, 5.74) is 5.90. The monoisotopic (exact) mass is 412 g/mol. The van der Waals surface area contributed by atoms with E-state index >= 15 is 0 Å². The fourth-order valence-electron chi connectivity index (χ4n) is 3.58. The number of halogens is 1. The minimum absolute atomic E-state index is 0.107. The SMILES string of the molecule is CI(c1ccccc1)c1ccc2c(c1)C(C)(C)c1ccccc1-2. The second kappa shape index (κ2) is 5.48. The molecular formula is C22H21I. The van der Waals surface area contributed by atoms with E-state index in [1.54, 1.807) is 3.57 Å². The van der Waals surface area contributed by atoms with Crippen molar-refractivity contribution in [1.29, 1.82) is 0 Å². The molecule has 0 bridgehead atoms. The zero-order valence-corrected chi connectivity index (χ0v) is 16.0. The van der Waals surface area contributed by atoms with Gasteiger partial charge in [0.25, 0.3) is 0 Å². The molecule has 0 fully saturated rings. The zero-order chi connectivity index (χ0) is 16.0. The fraction of sp³-hybridized carbons (Fsp3) is 0.182. The number of hydrogen-bond acceptors (Lipinski definition) is 0. The molecule has 1 aliphatic carbocycles. The van der Waals surface area contributed by atoms with Gasteiger partial charge in [-0.3, -0.25) is 0 Å². The second-order valence-corrected chi connectivity index (χ2v) is 11.8. The molecule has 23 heavy (non-hydrogen) atoms. The first-order valence-corrected chi connectivity index (χ1v) is 12.3. The number of hydrogen-bond donors (Lipinski definition) is 0. The van der Waals surface area contributed by atoms with Crippen LogP contribution in [0.25, 0.3) is 11.1 Å². The molecule has 0 aliphatic heterocycles. The molecule has 0 atom stereocenters. The van der Waals surface area contributed by atoms with E-state index in [2.05, 4.69) is 91.6 Å². The third kappa shape index (κ3) is 2.33. The molecule has 0 unspecified atom stereocenters. The van der Waals surface area contributed by atoms with E-state index in [1.165, 1.54) is 25.8 Å². The Hall–Kier alpha value is -1.61. The molecule has 0 nitrogen and oxygen atoms in total. The van der Waals surface area contributed by atoms with Gasteiger partial charge in [-0.2, -0.15) is 0 Å². The molecule has 0 N–H and O–H groups in total. The van der Waals surface area contributed by atoms with Crippen molar-refractivity contribution in [2.75, 3.05) is 4.93 Å². The molecule has 0 heterocycles. The van der Waals surface area contributed by atoms with Gasteiger partial charge in [-0.25, -0.2) is 0 Å². The van der Waals surface area contributed by atoms with Gasteiger partial charge < -0.3 is 0 Å². The third-order valence-corrected chi connectivity index (χ3v) is 10.1. The van der Waals surface area contributed by atoms with Crippen molar-refractivity contribution in [3.63, 3.8) is 0 Å². The first-order valence-electron chi connectivity index (χ1n) is 7.98. The summed E-state index contributed by atoms with van der Waals surface area (Å²) in [6, 6.07) is 27.1. The first-order chi connectivity index (χ1) is 11.1. The van der Waals surface area contributed by atoms with Crippen molar-refractivity contribution in [3.8, 4) is 11.1 Å². The zero-order valence-electron chi connectivity index (χ0n) is 13.8. The Bertz CT molecular complexity index is 862. The third-order valence-electron chi connectivity index (χ3n) is 4.93. The summed E-state index contributed by atoms with van der Waals surface area (Å²) < 4.78 is 3.09. The van der Waals surface area contributed by atoms with E-state index in [1.807, 2.05) is 0 Å². The molecule has 0 radical (unpaired) electrons. The summed E-state index contributed by atoms with van der Waals surface area (Å²) in [5, 5.41) is 0. The molecule has 3 aromatic carbocycles. The van der Waals surface area contributed by atoms with Crippen LogP contribution in [0.15, 0.2) is 72.8 Å². The van der Waals surface area contributed by atoms with Crippen LogP contribution in [0.3, 0.4) is 0 Å². The molecule has 3 aromatic rings. The number of benzene rings is 3. The molecule has 4 rings (SSSR count). The minimum atomic E-state index is -1.30. The standard InChI is InChI=1S/C22H21I/c1-22(2)20-12-8-7-11-18(20)19-14-13-17(15-21(19)22)23(3)16-9-5-4-6-10-16/h4-15H,1-3H3. The van der Waals surface area contributed by atoms with E-state index in [0.29, 0.717) is 0 Å². The fourth-order valence-corrected chi connectivity index (χ4v) is 7.29. The van der Waals surface area contributed by atoms with Gasteiger partial charge in [-0.15, -0.1) is 0 Å². The summed E-state index contributed by atoms with van der Waals surface area (Å²) in [6.07, 6.45) is 0. The van der Waals surface area contributed by atoms with Crippen LogP contribution >= 0.6 is 19.8 Å². The van der Waals surface area contributed by atoms with E-state index in [0.717, 1.165) is 0 Å². The topological polar surface area (TPSA) is 0 Å². The van der Waals surface area contributed by atoms with Crippen molar-refractivity contribution in [2.45, 2.75) is 19.3 Å². The number of alkyl halides is 1. The normalized spacial score (nSPS) is 15.0. The molecule has 0 spiro atoms. The van der Waals surface area contributed by atoms with Gasteiger partial charge in [0.1, 0.15) is 0 Å². The maximum atomic E-state index is 2.49. The van der Waals surface area contributed by atoms with Gasteiger partial charge in [0.2, 0.25) is 0 Å². The van der Waals surface area contributed by atoms with Crippen molar-refractivity contribution in [1.82, 2.24) is 0 Å². The predicted molar refractivity (Wildman–Crippen MR) is 108 cm³/mol. The quantitative estimate of drug-likeness (QED) is 0.349. The van der Waals surface area contributed by atoms with Crippen LogP contribution < -0.4 is 0 Å². The van der Waals surface area contributed by atoms with Gasteiger partial charge in [-0.05, 0) is 0 Å². The van der Waals surface area contributed by atoms with Crippen LogP contribution in [-0.4, -0.2) is 4.93 Å². The number of fused-ring (bicyclic) bond motifs is 3. The average molecular weight is 412 g/mol. The van der Waals surface area contributed by atoms with Crippen molar-refractivity contribution in [2.24, 2.45) is 0 Å². The second-order valence-electron chi connectivity index (χ2n) is 6.63. The summed E-state index contributed by atoms with van der Waals surface area (Å²) in [4.78, 5) is 2.45. The molecule has 0 amide bonds. The Morgan fingerprint density at radius 3 is 2.09 bits per heavy atom. The molecular weight excluding hydrogens is 391 g/mol. The summed E-state index contributed by atoms with van der Waals surface area (Å²) in [5.74, 6) is 0. The Morgan fingerprint density at radius 1 is 0.652 bits per heavy atom. The Kier molecular flexibility index (Phi) is 3.56. The van der Waals surface area contributed by atoms with Crippen LogP contribution in [0.4, 0.5) is 0 Å². The van der Waals surface area contributed by atoms with Crippen molar-refractivity contribution < 1.29 is 0 Å². The van der Waals surface area contributed by atoms with Crippen LogP contribution in [0.2, 0.25) is 0 Å². The van der Waals surface area contributed by atoms with Gasteiger partial charge >= 0.3 is 146 Å². The van der Waals surface area contributed by atoms with Crippen LogP contribution in [0, 0.1) is 7.14 Å². The maximum absolute atomic E-state index is 2.49. The van der Waals surface area contributed by atoms with Crippen molar-refractivity contribution in [3.05, 3.63) is 91.1 Å². The van der Waals surface area contributed by atoms with E-state index in [4.69, 9.17) is 0 Å². The Balaban J connectivity index is 1.83. The van der Waals surface area contributed by atoms with Gasteiger partial charge in [0, 0.05) is 0 Å². The molecule has 0 saturated carbocycles. The van der Waals surface area contributed by atoms with Crippen LogP contribution in [-0.2, 0) is 5.41 Å². The number of rotatable bonds is 2. The van der Waals surface area contributed by atoms with Gasteiger partial charge in [-0.1, -0.05) is 0 Å². The summed E-state index contributed by atoms with van der Waals surface area (Å²) >= 11 is -1.30. The van der Waals surface area contributed by atoms with Crippen LogP contribution in [0.1, 0.15) is 25.0 Å². The molecule has 1 heteroatoms. The molecule has 0 saturated heterocycles. The average Bonchev–Trinajstić information content (AvgIpc) is 2.83. The molecule has 116 valence electrons. The van der Waals surface area contributed by atoms with E-state index in [-0.39, 0.29) is 5.41 Å². The first kappa shape index (κ1) is 14.9. The summed E-state index contributed by atoms with van der Waals surface area (Å²) in [7, 11) is 0.